The minimum Gasteiger partial charge on any atom is -0.872 e. The second kappa shape index (κ2) is 15.7. The molecule has 0 unspecified atom stereocenters. The maximum Gasteiger partial charge on any atom is 1.00 e. The van der Waals surface area contributed by atoms with E-state index in [1.165, 1.54) is 24.3 Å². The van der Waals surface area contributed by atoms with Gasteiger partial charge in [-0.15, -0.1) is 21.1 Å². The molecule has 0 aliphatic heterocycles. The Morgan fingerprint density at radius 1 is 0.633 bits per heavy atom. The number of anilines is 2. The molecule has 0 radical (unpaired) electrons. The topological polar surface area (TPSA) is 301 Å². The van der Waals surface area contributed by atoms with Gasteiger partial charge in [0.2, 0.25) is 0 Å². The van der Waals surface area contributed by atoms with Crippen molar-refractivity contribution in [3.8, 4) is 17.2 Å². The third-order valence-electron chi connectivity index (χ3n) is 6.30. The number of phenolic OH excluding ortho intramolecular Hbond substituents is 1. The summed E-state index contributed by atoms with van der Waals surface area (Å²) in [6.07, 6.45) is 0. The molecule has 0 spiro atoms. The molecular weight excluding hydrogens is 702 g/mol. The predicted molar refractivity (Wildman–Crippen MR) is 165 cm³/mol. The van der Waals surface area contributed by atoms with Crippen LogP contribution in [0.25, 0.3) is 10.8 Å². The Hall–Kier alpha value is -4.02. The van der Waals surface area contributed by atoms with E-state index >= 15 is 0 Å². The van der Waals surface area contributed by atoms with Crippen molar-refractivity contribution in [1.29, 1.82) is 0 Å². The summed E-state index contributed by atoms with van der Waals surface area (Å²) in [7, 11) is -10.1. The van der Waals surface area contributed by atoms with Crippen LogP contribution in [-0.4, -0.2) is 31.0 Å². The number of nitrogens with zero attached hydrogens (tertiary/aromatic N) is 6. The second-order valence-corrected chi connectivity index (χ2v) is 12.4. The van der Waals surface area contributed by atoms with Crippen LogP contribution in [0.3, 0.4) is 0 Å². The van der Waals surface area contributed by atoms with Gasteiger partial charge >= 0.3 is 59.1 Å². The van der Waals surface area contributed by atoms with Crippen LogP contribution in [0.1, 0.15) is 0 Å². The number of nitrogens with two attached hydrogens (primary N) is 2. The van der Waals surface area contributed by atoms with Crippen molar-refractivity contribution in [3.63, 3.8) is 0 Å². The third-order valence-corrected chi connectivity index (χ3v) is 7.99. The minimum absolute atomic E-state index is 0. The Morgan fingerprint density at radius 2 is 1.24 bits per heavy atom. The largest absolute Gasteiger partial charge is 1.00 e. The molecule has 0 fully saturated rings. The summed E-state index contributed by atoms with van der Waals surface area (Å²) in [6, 6.07) is 15.8. The van der Waals surface area contributed by atoms with Crippen LogP contribution < -0.4 is 80.8 Å². The standard InChI is InChI=1S/C28H22N8O9S2.2Na/c29-15-4-6-21(20(30)10-15)33-31-16-2-1-3-17(11-16)32-36-27-25(47(43,44)45)9-14-8-19(46(40,41)42)13-23(26(14)28(27)39)35-34-22-7-5-18(37)12-24(22)38;;/h1-13,37-39H,29-30H2,(H,40,41,42)(H,43,44,45);;/q;2*+1/p-2. The number of benzene rings is 5. The van der Waals surface area contributed by atoms with Crippen LogP contribution in [0.15, 0.2) is 119 Å². The first-order valence-electron chi connectivity index (χ1n) is 12.9. The van der Waals surface area contributed by atoms with Crippen molar-refractivity contribution in [1.82, 2.24) is 0 Å². The van der Waals surface area contributed by atoms with E-state index < -0.39 is 58.7 Å². The van der Waals surface area contributed by atoms with Crippen molar-refractivity contribution >= 4 is 76.5 Å². The zero-order valence-corrected chi connectivity index (χ0v) is 31.1. The number of phenols is 1. The Morgan fingerprint density at radius 3 is 1.86 bits per heavy atom. The van der Waals surface area contributed by atoms with Crippen LogP contribution in [0.4, 0.5) is 45.5 Å². The quantitative estimate of drug-likeness (QED) is 0.0594. The van der Waals surface area contributed by atoms with Gasteiger partial charge in [-0.1, -0.05) is 23.9 Å². The molecule has 0 saturated heterocycles. The molecule has 0 aromatic heterocycles. The Balaban J connectivity index is 0.00000325. The molecular formula is C28H20N8Na2O9S2. The summed E-state index contributed by atoms with van der Waals surface area (Å²) in [6.45, 7) is 0. The first-order chi connectivity index (χ1) is 22.1. The van der Waals surface area contributed by atoms with Gasteiger partial charge in [0.15, 0.2) is 5.75 Å². The van der Waals surface area contributed by atoms with E-state index in [-0.39, 0.29) is 92.6 Å². The molecule has 0 amide bonds. The maximum atomic E-state index is 12.4. The molecule has 0 atom stereocenters. The summed E-state index contributed by atoms with van der Waals surface area (Å²) in [5, 5.41) is 57.6. The smallest absolute Gasteiger partial charge is 0.872 e. The minimum atomic E-state index is -5.14. The first kappa shape index (κ1) is 39.4. The van der Waals surface area contributed by atoms with Crippen molar-refractivity contribution < 1.29 is 100 Å². The average molecular weight is 723 g/mol. The van der Waals surface area contributed by atoms with E-state index in [0.29, 0.717) is 11.4 Å². The van der Waals surface area contributed by atoms with Gasteiger partial charge in [0.05, 0.1) is 38.7 Å². The summed E-state index contributed by atoms with van der Waals surface area (Å²) >= 11 is 0. The Kier molecular flexibility index (Phi) is 12.6. The van der Waals surface area contributed by atoms with Gasteiger partial charge in [-0.05, 0) is 66.0 Å². The molecule has 5 aromatic carbocycles. The van der Waals surface area contributed by atoms with Crippen LogP contribution in [0.5, 0.6) is 17.2 Å². The van der Waals surface area contributed by atoms with E-state index in [4.69, 9.17) is 11.5 Å². The van der Waals surface area contributed by atoms with Gasteiger partial charge < -0.3 is 26.8 Å². The van der Waals surface area contributed by atoms with Crippen LogP contribution in [-0.2, 0) is 20.2 Å². The Labute approximate surface area is 322 Å². The average Bonchev–Trinajstić information content (AvgIpc) is 2.98. The van der Waals surface area contributed by atoms with Gasteiger partial charge in [-0.3, -0.25) is 9.11 Å². The molecule has 17 nitrogen and oxygen atoms in total. The van der Waals surface area contributed by atoms with Crippen molar-refractivity contribution in [2.75, 3.05) is 11.5 Å². The molecule has 0 aliphatic carbocycles. The SMILES string of the molecule is Nc1ccc(N=Nc2cccc(N=Nc3c(S(=O)(=O)O)cc4cc(S(=O)(=O)O)cc(N=Nc5ccc([O-])cc5[O-])c4c3O)c2)c(N)c1.[Na+].[Na+]. The van der Waals surface area contributed by atoms with Crippen LogP contribution in [0, 0.1) is 0 Å². The molecule has 21 heteroatoms. The van der Waals surface area contributed by atoms with E-state index in [9.17, 15) is 41.3 Å². The summed E-state index contributed by atoms with van der Waals surface area (Å²) in [5.74, 6) is -2.36. The zero-order valence-electron chi connectivity index (χ0n) is 25.5. The fourth-order valence-electron chi connectivity index (χ4n) is 4.15. The fourth-order valence-corrected chi connectivity index (χ4v) is 5.34. The van der Waals surface area contributed by atoms with E-state index in [1.54, 1.807) is 18.2 Å². The summed E-state index contributed by atoms with van der Waals surface area (Å²) in [5.41, 5.74) is 11.4. The molecule has 0 saturated carbocycles. The molecule has 0 aliphatic rings. The van der Waals surface area contributed by atoms with Crippen LogP contribution in [0.2, 0.25) is 0 Å². The van der Waals surface area contributed by atoms with Gasteiger partial charge in [0, 0.05) is 5.69 Å². The molecule has 49 heavy (non-hydrogen) atoms. The number of aromatic hydroxyl groups is 1. The van der Waals surface area contributed by atoms with Gasteiger partial charge in [0.1, 0.15) is 16.3 Å². The number of azo groups is 3. The number of fused-ring (bicyclic) bond motifs is 1. The molecule has 0 heterocycles. The van der Waals surface area contributed by atoms with Gasteiger partial charge in [0.25, 0.3) is 20.2 Å². The molecule has 240 valence electrons. The number of nitrogen functional groups attached to an aromatic ring is 2. The summed E-state index contributed by atoms with van der Waals surface area (Å²) < 4.78 is 68.3. The second-order valence-electron chi connectivity index (χ2n) is 9.63. The number of hydrogen-bond acceptors (Lipinski definition) is 15. The Bertz CT molecular complexity index is 2390. The monoisotopic (exact) mass is 722 g/mol. The molecule has 5 rings (SSSR count). The third kappa shape index (κ3) is 9.36. The number of rotatable bonds is 8. The van der Waals surface area contributed by atoms with Gasteiger partial charge in [-0.2, -0.15) is 32.2 Å². The van der Waals surface area contributed by atoms with E-state index in [1.807, 2.05) is 0 Å². The predicted octanol–water partition coefficient (Wildman–Crippen LogP) is -0.395. The molecule has 5 aromatic rings. The molecule has 7 N–H and O–H groups in total. The normalized spacial score (nSPS) is 12.0. The van der Waals surface area contributed by atoms with Crippen molar-refractivity contribution in [2.24, 2.45) is 30.7 Å². The maximum absolute atomic E-state index is 12.4. The van der Waals surface area contributed by atoms with Crippen LogP contribution >= 0.6 is 0 Å². The fraction of sp³-hybridized carbons (Fsp3) is 0. The van der Waals surface area contributed by atoms with E-state index in [0.717, 1.165) is 36.4 Å². The van der Waals surface area contributed by atoms with E-state index in [2.05, 4.69) is 30.7 Å². The van der Waals surface area contributed by atoms with Gasteiger partial charge in [-0.25, -0.2) is 0 Å². The summed E-state index contributed by atoms with van der Waals surface area (Å²) in [4.78, 5) is -1.78. The van der Waals surface area contributed by atoms with Crippen molar-refractivity contribution in [3.05, 3.63) is 78.9 Å². The first-order valence-corrected chi connectivity index (χ1v) is 15.8. The molecule has 0 bridgehead atoms. The zero-order chi connectivity index (χ0) is 34.1. The van der Waals surface area contributed by atoms with Crippen molar-refractivity contribution in [2.45, 2.75) is 9.79 Å². The number of hydrogen-bond donors (Lipinski definition) is 5.